The first-order valence-electron chi connectivity index (χ1n) is 15.9. The van der Waals surface area contributed by atoms with Gasteiger partial charge in [0.15, 0.2) is 0 Å². The van der Waals surface area contributed by atoms with E-state index in [4.69, 9.17) is 4.74 Å². The van der Waals surface area contributed by atoms with E-state index in [2.05, 4.69) is 25.9 Å². The maximum absolute atomic E-state index is 15.4. The fourth-order valence-electron chi connectivity index (χ4n) is 6.33. The predicted molar refractivity (Wildman–Crippen MR) is 183 cm³/mol. The fraction of sp³-hybridized carbons (Fsp3) is 0.324. The molecule has 1 aliphatic heterocycles. The summed E-state index contributed by atoms with van der Waals surface area (Å²) >= 11 is 0. The number of urea groups is 1. The molecule has 1 fully saturated rings. The topological polar surface area (TPSA) is 147 Å². The number of aliphatic hydroxyl groups is 1. The van der Waals surface area contributed by atoms with Crippen LogP contribution in [0.4, 0.5) is 19.3 Å². The van der Waals surface area contributed by atoms with Gasteiger partial charge in [-0.3, -0.25) is 9.69 Å². The number of rotatable bonds is 12. The maximum Gasteiger partial charge on any atom is 0.325 e. The molecule has 14 nitrogen and oxygen atoms in total. The molecule has 0 spiro atoms. The highest BCUT2D eigenvalue weighted by atomic mass is 35.5. The third kappa shape index (κ3) is 8.20. The summed E-state index contributed by atoms with van der Waals surface area (Å²) in [6, 6.07) is 12.6. The Hall–Kier alpha value is -5.03. The molecule has 2 amide bonds. The Balaban J connectivity index is 0.00000302. The average Bonchev–Trinajstić information content (AvgIpc) is 3.85. The molecule has 2 aromatic heterocycles. The number of amides is 2. The lowest BCUT2D eigenvalue weighted by molar-refractivity contribution is -0.689. The molecule has 0 radical (unpaired) electrons. The van der Waals surface area contributed by atoms with Gasteiger partial charge in [0.25, 0.3) is 6.33 Å². The summed E-state index contributed by atoms with van der Waals surface area (Å²) in [6.07, 6.45) is 4.69. The molecule has 2 atom stereocenters. The van der Waals surface area contributed by atoms with Gasteiger partial charge in [-0.25, -0.2) is 22.8 Å². The van der Waals surface area contributed by atoms with Gasteiger partial charge in [-0.15, -0.1) is 22.2 Å². The Morgan fingerprint density at radius 2 is 1.77 bits per heavy atom. The highest BCUT2D eigenvalue weighted by Crippen LogP contribution is 2.35. The van der Waals surface area contributed by atoms with Crippen molar-refractivity contribution in [2.45, 2.75) is 45.5 Å². The van der Waals surface area contributed by atoms with Gasteiger partial charge >= 0.3 is 12.0 Å². The molecule has 0 bridgehead atoms. The lowest BCUT2D eigenvalue weighted by Gasteiger charge is -2.38. The van der Waals surface area contributed by atoms with E-state index < -0.39 is 23.3 Å². The lowest BCUT2D eigenvalue weighted by Crippen LogP contribution is -3.00. The van der Waals surface area contributed by atoms with Gasteiger partial charge in [0.2, 0.25) is 6.33 Å². The molecule has 6 rings (SSSR count). The number of hydrogen-bond acceptors (Lipinski definition) is 9. The Morgan fingerprint density at radius 3 is 2.40 bits per heavy atom. The van der Waals surface area contributed by atoms with Crippen LogP contribution in [0.5, 0.6) is 5.75 Å². The fourth-order valence-corrected chi connectivity index (χ4v) is 6.33. The van der Waals surface area contributed by atoms with Gasteiger partial charge in [0, 0.05) is 35.5 Å². The van der Waals surface area contributed by atoms with Crippen LogP contribution in [0.3, 0.4) is 0 Å². The van der Waals surface area contributed by atoms with Crippen molar-refractivity contribution >= 4 is 30.1 Å². The highest BCUT2D eigenvalue weighted by molar-refractivity contribution is 5.94. The van der Waals surface area contributed by atoms with E-state index in [1.165, 1.54) is 26.7 Å². The summed E-state index contributed by atoms with van der Waals surface area (Å²) in [6.45, 7) is 6.17. The van der Waals surface area contributed by atoms with E-state index in [1.807, 2.05) is 26.0 Å². The van der Waals surface area contributed by atoms with Gasteiger partial charge in [-0.2, -0.15) is 0 Å². The summed E-state index contributed by atoms with van der Waals surface area (Å²) < 4.78 is 39.7. The molecule has 2 N–H and O–H groups in total. The van der Waals surface area contributed by atoms with Crippen molar-refractivity contribution in [3.63, 3.8) is 0 Å². The molecular weight excluding hydrogens is 721 g/mol. The highest BCUT2D eigenvalue weighted by Gasteiger charge is 2.47. The van der Waals surface area contributed by atoms with Crippen LogP contribution in [-0.4, -0.2) is 84.7 Å². The number of tetrazole rings is 1. The number of carbonyl (C=O) groups is 2. The minimum absolute atomic E-state index is 0. The van der Waals surface area contributed by atoms with E-state index >= 15 is 4.39 Å². The van der Waals surface area contributed by atoms with Crippen molar-refractivity contribution in [3.05, 3.63) is 107 Å². The summed E-state index contributed by atoms with van der Waals surface area (Å²) in [5, 5.41) is 30.7. The zero-order valence-electron chi connectivity index (χ0n) is 28.8. The number of esters is 1. The van der Waals surface area contributed by atoms with Crippen LogP contribution < -0.4 is 31.9 Å². The van der Waals surface area contributed by atoms with Crippen LogP contribution in [0.1, 0.15) is 29.2 Å². The molecule has 1 aliphatic rings. The molecule has 18 heteroatoms. The van der Waals surface area contributed by atoms with Crippen LogP contribution in [0.25, 0.3) is 5.69 Å². The number of nitrogens with zero attached hydrogens (tertiary/aromatic N) is 9. The molecular formula is C34H38Cl2F2N10O4. The molecule has 3 aromatic carbocycles. The first-order chi connectivity index (χ1) is 24.0. The van der Waals surface area contributed by atoms with Crippen LogP contribution >= 0.6 is 12.4 Å². The number of aryl methyl sites for hydroxylation is 2. The van der Waals surface area contributed by atoms with Crippen LogP contribution in [0.2, 0.25) is 0 Å². The summed E-state index contributed by atoms with van der Waals surface area (Å²) in [5.74, 6) is -1.62. The number of aromatic nitrogens is 7. The quantitative estimate of drug-likeness (QED) is 0.101. The van der Waals surface area contributed by atoms with Gasteiger partial charge < -0.3 is 32.5 Å². The number of halogens is 4. The van der Waals surface area contributed by atoms with Gasteiger partial charge in [-0.05, 0) is 97.4 Å². The van der Waals surface area contributed by atoms with Gasteiger partial charge in [-0.1, -0.05) is 6.07 Å². The maximum atomic E-state index is 15.4. The van der Waals surface area contributed by atoms with Crippen LogP contribution in [-0.2, 0) is 23.5 Å². The molecule has 0 saturated carbocycles. The zero-order valence-corrected chi connectivity index (χ0v) is 30.4. The second-order valence-electron chi connectivity index (χ2n) is 12.3. The van der Waals surface area contributed by atoms with Crippen LogP contribution in [0.15, 0.2) is 73.6 Å². The van der Waals surface area contributed by atoms with E-state index in [0.29, 0.717) is 36.3 Å². The number of likely N-dealkylation sites (N-methyl/N-ethyl adjacent to an activating group) is 1. The Kier molecular flexibility index (Phi) is 12.6. The smallest absolute Gasteiger partial charge is 0.325 e. The number of anilines is 1. The van der Waals surface area contributed by atoms with Crippen molar-refractivity contribution < 1.29 is 45.2 Å². The number of ether oxygens (including phenoxy) is 1. The van der Waals surface area contributed by atoms with Crippen molar-refractivity contribution in [1.82, 2.24) is 40.2 Å². The zero-order chi connectivity index (χ0) is 35.6. The largest absolute Gasteiger partial charge is 1.00 e. The van der Waals surface area contributed by atoms with E-state index in [1.54, 1.807) is 60.4 Å². The first-order valence-corrected chi connectivity index (χ1v) is 15.9. The van der Waals surface area contributed by atoms with Crippen molar-refractivity contribution in [3.8, 4) is 11.4 Å². The van der Waals surface area contributed by atoms with Crippen molar-refractivity contribution in [2.24, 2.45) is 0 Å². The molecule has 0 unspecified atom stereocenters. The molecule has 3 heterocycles. The van der Waals surface area contributed by atoms with Crippen molar-refractivity contribution in [2.75, 3.05) is 31.6 Å². The summed E-state index contributed by atoms with van der Waals surface area (Å²) in [4.78, 5) is 28.9. The molecule has 276 valence electrons. The minimum atomic E-state index is -2.01. The van der Waals surface area contributed by atoms with E-state index in [-0.39, 0.29) is 62.0 Å². The first kappa shape index (κ1) is 39.8. The van der Waals surface area contributed by atoms with E-state index in [0.717, 1.165) is 22.8 Å². The van der Waals surface area contributed by atoms with Crippen molar-refractivity contribution in [1.29, 1.82) is 0 Å². The van der Waals surface area contributed by atoms with E-state index in [9.17, 15) is 19.1 Å². The second kappa shape index (κ2) is 16.5. The molecule has 1 saturated heterocycles. The standard InChI is InChI=1S/C34H37F2N10O4.2ClH/c1-22-13-25(14-23(2)32(22)50-31(47)16-37-4)17-42-20-39-43(21-42)18-34(49,29-10-5-26(35)15-30(29)36)24(3)44-11-12-45(33(44)48)27-6-8-28(9-7-27)46-19-38-40-41-46;;/h5-10,13-15,19-21,24,37,49H,11-12,16-18H2,1-4H3;2*1H/q+1;;/p-1/t24-,34-;;/m1../s1. The number of benzene rings is 3. The number of nitrogens with one attached hydrogen (secondary N) is 1. The lowest BCUT2D eigenvalue weighted by atomic mass is 9.85. The van der Waals surface area contributed by atoms with Gasteiger partial charge in [0.05, 0.1) is 24.8 Å². The second-order valence-corrected chi connectivity index (χ2v) is 12.3. The Bertz CT molecular complexity index is 1990. The summed E-state index contributed by atoms with van der Waals surface area (Å²) in [7, 11) is 1.67. The average molecular weight is 760 g/mol. The third-order valence-electron chi connectivity index (χ3n) is 8.83. The molecule has 52 heavy (non-hydrogen) atoms. The van der Waals surface area contributed by atoms with Gasteiger partial charge in [0.1, 0.15) is 35.9 Å². The Labute approximate surface area is 310 Å². The summed E-state index contributed by atoms with van der Waals surface area (Å²) in [5.41, 5.74) is 1.66. The molecule has 5 aromatic rings. The predicted octanol–water partition coefficient (Wildman–Crippen LogP) is -0.141. The normalized spacial score (nSPS) is 14.4. The minimum Gasteiger partial charge on any atom is -1.00 e. The van der Waals surface area contributed by atoms with Crippen LogP contribution in [0, 0.1) is 25.5 Å². The number of carbonyl (C=O) groups excluding carboxylic acids is 2. The Morgan fingerprint density at radius 1 is 1.08 bits per heavy atom. The monoisotopic (exact) mass is 758 g/mol. The number of hydrogen-bond donors (Lipinski definition) is 2. The third-order valence-corrected chi connectivity index (χ3v) is 8.83. The SMILES string of the molecule is CNCC(=O)Oc1c(C)cc(C[n+]2cnn(C[C@](O)(c3ccc(F)cc3F)[C@@H](C)N3CCN(c4ccc(-n5cnnn5)cc4)C3=O)c2)cc1C.Cl.[Cl-]. The molecule has 0 aliphatic carbocycles.